The zero-order chi connectivity index (χ0) is 7.72. The predicted molar refractivity (Wildman–Crippen MR) is 39.0 cm³/mol. The van der Waals surface area contributed by atoms with Crippen LogP contribution >= 0.6 is 22.6 Å². The van der Waals surface area contributed by atoms with Gasteiger partial charge in [0, 0.05) is 0 Å². The van der Waals surface area contributed by atoms with Gasteiger partial charge in [-0.3, -0.25) is 0 Å². The van der Waals surface area contributed by atoms with E-state index in [9.17, 15) is 13.2 Å². The fourth-order valence-corrected chi connectivity index (χ4v) is 0.940. The molecule has 0 spiro atoms. The summed E-state index contributed by atoms with van der Waals surface area (Å²) in [4.78, 5) is 0. The largest absolute Gasteiger partial charge is 0.206 e. The SMILES string of the molecule is Fc1ccc(F)c(I)c1F. The molecule has 1 aromatic rings. The lowest BCUT2D eigenvalue weighted by Crippen LogP contribution is -1.91. The van der Waals surface area contributed by atoms with Crippen molar-refractivity contribution in [3.05, 3.63) is 33.2 Å². The van der Waals surface area contributed by atoms with Gasteiger partial charge < -0.3 is 0 Å². The molecule has 1 rings (SSSR count). The van der Waals surface area contributed by atoms with E-state index in [0.29, 0.717) is 0 Å². The van der Waals surface area contributed by atoms with Crippen LogP contribution in [-0.4, -0.2) is 0 Å². The molecule has 0 amide bonds. The maximum Gasteiger partial charge on any atom is 0.175 e. The second-order valence-electron chi connectivity index (χ2n) is 1.66. The molecule has 0 nitrogen and oxygen atoms in total. The molecule has 0 aromatic heterocycles. The smallest absolute Gasteiger partial charge is 0.175 e. The molecule has 10 heavy (non-hydrogen) atoms. The highest BCUT2D eigenvalue weighted by Crippen LogP contribution is 2.16. The Morgan fingerprint density at radius 1 is 1.00 bits per heavy atom. The third-order valence-electron chi connectivity index (χ3n) is 0.988. The minimum absolute atomic E-state index is 0.308. The zero-order valence-corrected chi connectivity index (χ0v) is 6.82. The molecule has 0 radical (unpaired) electrons. The van der Waals surface area contributed by atoms with Crippen LogP contribution in [-0.2, 0) is 0 Å². The Labute approximate surface area is 69.2 Å². The Morgan fingerprint density at radius 2 is 1.50 bits per heavy atom. The van der Waals surface area contributed by atoms with Crippen molar-refractivity contribution in [2.75, 3.05) is 0 Å². The van der Waals surface area contributed by atoms with Gasteiger partial charge in [0.1, 0.15) is 5.82 Å². The van der Waals surface area contributed by atoms with Crippen LogP contribution in [0.25, 0.3) is 0 Å². The third kappa shape index (κ3) is 1.25. The summed E-state index contributed by atoms with van der Waals surface area (Å²) in [6, 6.07) is 1.65. The highest BCUT2D eigenvalue weighted by molar-refractivity contribution is 14.1. The van der Waals surface area contributed by atoms with Crippen LogP contribution in [0.4, 0.5) is 13.2 Å². The highest BCUT2D eigenvalue weighted by atomic mass is 127. The van der Waals surface area contributed by atoms with Crippen LogP contribution in [0.3, 0.4) is 0 Å². The molecule has 4 heteroatoms. The van der Waals surface area contributed by atoms with Crippen LogP contribution < -0.4 is 0 Å². The maximum atomic E-state index is 12.4. The second-order valence-corrected chi connectivity index (χ2v) is 2.74. The van der Waals surface area contributed by atoms with E-state index in [2.05, 4.69) is 0 Å². The lowest BCUT2D eigenvalue weighted by atomic mass is 10.3. The first-order valence-corrected chi connectivity index (χ1v) is 3.50. The summed E-state index contributed by atoms with van der Waals surface area (Å²) >= 11 is 1.40. The van der Waals surface area contributed by atoms with Gasteiger partial charge in [-0.15, -0.1) is 0 Å². The lowest BCUT2D eigenvalue weighted by molar-refractivity contribution is 0.487. The summed E-state index contributed by atoms with van der Waals surface area (Å²) in [5.41, 5.74) is 0. The van der Waals surface area contributed by atoms with Gasteiger partial charge in [0.25, 0.3) is 0 Å². The molecular weight excluding hydrogens is 256 g/mol. The van der Waals surface area contributed by atoms with Crippen molar-refractivity contribution >= 4 is 22.6 Å². The van der Waals surface area contributed by atoms with Crippen molar-refractivity contribution in [3.8, 4) is 0 Å². The van der Waals surface area contributed by atoms with E-state index < -0.39 is 17.5 Å². The van der Waals surface area contributed by atoms with Crippen LogP contribution in [0, 0.1) is 21.0 Å². The van der Waals surface area contributed by atoms with E-state index in [-0.39, 0.29) is 3.57 Å². The van der Waals surface area contributed by atoms with Gasteiger partial charge in [-0.25, -0.2) is 13.2 Å². The second kappa shape index (κ2) is 2.77. The minimum atomic E-state index is -1.12. The van der Waals surface area contributed by atoms with E-state index in [4.69, 9.17) is 0 Å². The number of hydrogen-bond donors (Lipinski definition) is 0. The van der Waals surface area contributed by atoms with Crippen molar-refractivity contribution < 1.29 is 13.2 Å². The van der Waals surface area contributed by atoms with Gasteiger partial charge in [-0.05, 0) is 34.7 Å². The molecule has 0 N–H and O–H groups in total. The molecule has 54 valence electrons. The average molecular weight is 258 g/mol. The molecule has 0 aliphatic heterocycles. The standard InChI is InChI=1S/C6H2F3I/c7-3-1-2-4(8)6(10)5(3)9/h1-2H. The normalized spacial score (nSPS) is 10.0. The van der Waals surface area contributed by atoms with Gasteiger partial charge in [0.05, 0.1) is 3.57 Å². The summed E-state index contributed by atoms with van der Waals surface area (Å²) in [6.45, 7) is 0. The van der Waals surface area contributed by atoms with Gasteiger partial charge in [0.15, 0.2) is 11.6 Å². The van der Waals surface area contributed by atoms with Crippen LogP contribution in [0.1, 0.15) is 0 Å². The molecule has 0 aliphatic carbocycles. The van der Waals surface area contributed by atoms with Crippen LogP contribution in [0.2, 0.25) is 0 Å². The minimum Gasteiger partial charge on any atom is -0.206 e. The summed E-state index contributed by atoms with van der Waals surface area (Å²) in [5, 5.41) is 0. The topological polar surface area (TPSA) is 0 Å². The monoisotopic (exact) mass is 258 g/mol. The molecule has 0 heterocycles. The third-order valence-corrected chi connectivity index (χ3v) is 1.98. The number of hydrogen-bond acceptors (Lipinski definition) is 0. The molecule has 0 atom stereocenters. The Hall–Kier alpha value is -0.260. The highest BCUT2D eigenvalue weighted by Gasteiger charge is 2.09. The Morgan fingerprint density at radius 3 is 2.00 bits per heavy atom. The van der Waals surface area contributed by atoms with E-state index in [1.807, 2.05) is 0 Å². The molecule has 0 saturated heterocycles. The first-order chi connectivity index (χ1) is 4.63. The van der Waals surface area contributed by atoms with Crippen molar-refractivity contribution in [1.82, 2.24) is 0 Å². The van der Waals surface area contributed by atoms with Crippen molar-refractivity contribution in [3.63, 3.8) is 0 Å². The Balaban J connectivity index is 3.34. The van der Waals surface area contributed by atoms with Gasteiger partial charge in [-0.1, -0.05) is 0 Å². The zero-order valence-electron chi connectivity index (χ0n) is 4.67. The Bertz CT molecular complexity index is 232. The summed E-state index contributed by atoms with van der Waals surface area (Å²) < 4.78 is 36.6. The van der Waals surface area contributed by atoms with Crippen molar-refractivity contribution in [2.45, 2.75) is 0 Å². The van der Waals surface area contributed by atoms with Gasteiger partial charge >= 0.3 is 0 Å². The fourth-order valence-electron chi connectivity index (χ4n) is 0.502. The maximum absolute atomic E-state index is 12.4. The summed E-state index contributed by atoms with van der Waals surface area (Å²) in [7, 11) is 0. The van der Waals surface area contributed by atoms with Gasteiger partial charge in [-0.2, -0.15) is 0 Å². The predicted octanol–water partition coefficient (Wildman–Crippen LogP) is 2.71. The van der Waals surface area contributed by atoms with E-state index in [0.717, 1.165) is 12.1 Å². The average Bonchev–Trinajstić information content (AvgIpc) is 1.93. The number of rotatable bonds is 0. The Kier molecular flexibility index (Phi) is 2.18. The molecule has 0 saturated carbocycles. The van der Waals surface area contributed by atoms with Crippen LogP contribution in [0.5, 0.6) is 0 Å². The first kappa shape index (κ1) is 7.84. The van der Waals surface area contributed by atoms with E-state index in [1.54, 1.807) is 0 Å². The quantitative estimate of drug-likeness (QED) is 0.381. The molecule has 0 fully saturated rings. The summed E-state index contributed by atoms with van der Waals surface area (Å²) in [5.74, 6) is -2.88. The lowest BCUT2D eigenvalue weighted by Gasteiger charge is -1.95. The van der Waals surface area contributed by atoms with E-state index in [1.165, 1.54) is 22.6 Å². The van der Waals surface area contributed by atoms with Crippen molar-refractivity contribution in [2.24, 2.45) is 0 Å². The van der Waals surface area contributed by atoms with Crippen molar-refractivity contribution in [1.29, 1.82) is 0 Å². The molecular formula is C6H2F3I. The summed E-state index contributed by atoms with van der Waals surface area (Å²) in [6.07, 6.45) is 0. The van der Waals surface area contributed by atoms with Gasteiger partial charge in [0.2, 0.25) is 0 Å². The molecule has 0 aliphatic rings. The molecule has 0 bridgehead atoms. The number of halogens is 4. The number of benzene rings is 1. The van der Waals surface area contributed by atoms with E-state index >= 15 is 0 Å². The molecule has 1 aromatic carbocycles. The van der Waals surface area contributed by atoms with Crippen LogP contribution in [0.15, 0.2) is 12.1 Å². The first-order valence-electron chi connectivity index (χ1n) is 2.42. The molecule has 0 unspecified atom stereocenters. The fraction of sp³-hybridized carbons (Fsp3) is 0.